The molecule has 1 aliphatic rings. The van der Waals surface area contributed by atoms with Gasteiger partial charge < -0.3 is 16.4 Å². The van der Waals surface area contributed by atoms with Crippen LogP contribution in [0.5, 0.6) is 0 Å². The lowest BCUT2D eigenvalue weighted by Crippen LogP contribution is -2.18. The number of nitrogens with two attached hydrogens (primary N) is 1. The summed E-state index contributed by atoms with van der Waals surface area (Å²) in [6.07, 6.45) is 6.43. The Hall–Kier alpha value is -2.01. The van der Waals surface area contributed by atoms with Crippen molar-refractivity contribution in [2.75, 3.05) is 16.4 Å². The van der Waals surface area contributed by atoms with Crippen molar-refractivity contribution in [2.45, 2.75) is 38.3 Å². The molecule has 22 heavy (non-hydrogen) atoms. The fourth-order valence-corrected chi connectivity index (χ4v) is 2.83. The molecule has 1 aromatic heterocycles. The molecular weight excluding hydrogens is 298 g/mol. The summed E-state index contributed by atoms with van der Waals surface area (Å²) in [4.78, 5) is 8.50. The van der Waals surface area contributed by atoms with E-state index in [1.165, 1.54) is 32.0 Å². The third kappa shape index (κ3) is 3.60. The molecule has 1 saturated carbocycles. The number of hydrogen-bond acceptors (Lipinski definition) is 5. The Kier molecular flexibility index (Phi) is 4.63. The number of halogens is 1. The molecule has 0 amide bonds. The van der Waals surface area contributed by atoms with Crippen molar-refractivity contribution < 1.29 is 0 Å². The van der Waals surface area contributed by atoms with E-state index in [2.05, 4.69) is 20.6 Å². The maximum absolute atomic E-state index is 6.18. The normalized spacial score (nSPS) is 15.0. The van der Waals surface area contributed by atoms with E-state index < -0.39 is 0 Å². The lowest BCUT2D eigenvalue weighted by atomic mass is 10.2. The molecule has 0 radical (unpaired) electrons. The molecule has 0 spiro atoms. The third-order valence-corrected chi connectivity index (χ3v) is 4.21. The predicted octanol–water partition coefficient (Wildman–Crippen LogP) is 3.68. The van der Waals surface area contributed by atoms with Gasteiger partial charge in [0.1, 0.15) is 12.0 Å². The first-order valence-corrected chi connectivity index (χ1v) is 7.95. The Morgan fingerprint density at radius 3 is 2.50 bits per heavy atom. The zero-order chi connectivity index (χ0) is 15.4. The molecule has 5 nitrogen and oxygen atoms in total. The second-order valence-corrected chi connectivity index (χ2v) is 6.03. The maximum atomic E-state index is 6.18. The number of nitrogens with one attached hydrogen (secondary N) is 2. The molecule has 0 bridgehead atoms. The van der Waals surface area contributed by atoms with Gasteiger partial charge in [0, 0.05) is 17.6 Å². The van der Waals surface area contributed by atoms with Gasteiger partial charge in [0.05, 0.1) is 0 Å². The van der Waals surface area contributed by atoms with Crippen LogP contribution in [0, 0.1) is 0 Å². The van der Waals surface area contributed by atoms with E-state index in [-0.39, 0.29) is 0 Å². The minimum absolute atomic E-state index is 0.473. The summed E-state index contributed by atoms with van der Waals surface area (Å²) in [5.74, 6) is 1.38. The molecule has 116 valence electrons. The second kappa shape index (κ2) is 6.83. The summed E-state index contributed by atoms with van der Waals surface area (Å²) in [6.45, 7) is 0.640. The molecular formula is C16H20ClN5. The van der Waals surface area contributed by atoms with Crippen LogP contribution >= 0.6 is 11.6 Å². The maximum Gasteiger partial charge on any atom is 0.155 e. The zero-order valence-electron chi connectivity index (χ0n) is 12.3. The van der Waals surface area contributed by atoms with Crippen molar-refractivity contribution in [3.05, 3.63) is 41.2 Å². The standard InChI is InChI=1S/C16H20ClN5/c17-12-7-5-11(6-8-12)9-19-15-14(18)16(21-10-20-15)22-13-3-1-2-4-13/h5-8,10,13H,1-4,9,18H2,(H2,19,20,21,22). The summed E-state index contributed by atoms with van der Waals surface area (Å²) in [5.41, 5.74) is 7.87. The first kappa shape index (κ1) is 14.9. The van der Waals surface area contributed by atoms with Gasteiger partial charge in [0.15, 0.2) is 11.6 Å². The van der Waals surface area contributed by atoms with E-state index in [9.17, 15) is 0 Å². The first-order chi connectivity index (χ1) is 10.7. The van der Waals surface area contributed by atoms with Gasteiger partial charge in [-0.15, -0.1) is 0 Å². The average Bonchev–Trinajstić information content (AvgIpc) is 3.03. The summed E-state index contributed by atoms with van der Waals surface area (Å²) in [5, 5.41) is 7.41. The van der Waals surface area contributed by atoms with Crippen molar-refractivity contribution in [2.24, 2.45) is 0 Å². The minimum Gasteiger partial charge on any atom is -0.393 e. The van der Waals surface area contributed by atoms with Crippen molar-refractivity contribution in [1.82, 2.24) is 9.97 Å². The van der Waals surface area contributed by atoms with E-state index >= 15 is 0 Å². The van der Waals surface area contributed by atoms with Crippen LogP contribution in [-0.2, 0) is 6.54 Å². The number of hydrogen-bond donors (Lipinski definition) is 3. The molecule has 0 aliphatic heterocycles. The lowest BCUT2D eigenvalue weighted by molar-refractivity contribution is 0.750. The van der Waals surface area contributed by atoms with Crippen LogP contribution in [-0.4, -0.2) is 16.0 Å². The molecule has 1 fully saturated rings. The van der Waals surface area contributed by atoms with Gasteiger partial charge in [-0.1, -0.05) is 36.6 Å². The quantitative estimate of drug-likeness (QED) is 0.784. The zero-order valence-corrected chi connectivity index (χ0v) is 13.1. The van der Waals surface area contributed by atoms with Crippen LogP contribution in [0.25, 0.3) is 0 Å². The van der Waals surface area contributed by atoms with Gasteiger partial charge in [0.25, 0.3) is 0 Å². The van der Waals surface area contributed by atoms with Crippen molar-refractivity contribution in [3.8, 4) is 0 Å². The molecule has 4 N–H and O–H groups in total. The fourth-order valence-electron chi connectivity index (χ4n) is 2.70. The van der Waals surface area contributed by atoms with Gasteiger partial charge in [0.2, 0.25) is 0 Å². The molecule has 6 heteroatoms. The monoisotopic (exact) mass is 317 g/mol. The van der Waals surface area contributed by atoms with Crippen LogP contribution in [0.2, 0.25) is 5.02 Å². The fraction of sp³-hybridized carbons (Fsp3) is 0.375. The van der Waals surface area contributed by atoms with Crippen molar-refractivity contribution >= 4 is 28.9 Å². The van der Waals surface area contributed by atoms with Gasteiger partial charge in [-0.3, -0.25) is 0 Å². The Labute approximate surface area is 135 Å². The number of aromatic nitrogens is 2. The minimum atomic E-state index is 0.473. The highest BCUT2D eigenvalue weighted by Crippen LogP contribution is 2.27. The summed E-state index contributed by atoms with van der Waals surface area (Å²) < 4.78 is 0. The molecule has 2 aromatic rings. The van der Waals surface area contributed by atoms with Crippen LogP contribution in [0.15, 0.2) is 30.6 Å². The second-order valence-electron chi connectivity index (χ2n) is 5.59. The summed E-state index contributed by atoms with van der Waals surface area (Å²) in [7, 11) is 0. The van der Waals surface area contributed by atoms with E-state index in [4.69, 9.17) is 17.3 Å². The number of anilines is 3. The SMILES string of the molecule is Nc1c(NCc2ccc(Cl)cc2)ncnc1NC1CCCC1. The number of nitrogen functional groups attached to an aromatic ring is 1. The average molecular weight is 318 g/mol. The number of rotatable bonds is 5. The van der Waals surface area contributed by atoms with Gasteiger partial charge in [-0.25, -0.2) is 9.97 Å². The highest BCUT2D eigenvalue weighted by atomic mass is 35.5. The molecule has 0 saturated heterocycles. The Balaban J connectivity index is 1.66. The topological polar surface area (TPSA) is 75.9 Å². The molecule has 1 aromatic carbocycles. The van der Waals surface area contributed by atoms with Crippen LogP contribution in [0.1, 0.15) is 31.2 Å². The summed E-state index contributed by atoms with van der Waals surface area (Å²) in [6, 6.07) is 8.17. The van der Waals surface area contributed by atoms with E-state index in [1.807, 2.05) is 24.3 Å². The Morgan fingerprint density at radius 1 is 1.09 bits per heavy atom. The van der Waals surface area contributed by atoms with Gasteiger partial charge >= 0.3 is 0 Å². The Morgan fingerprint density at radius 2 is 1.77 bits per heavy atom. The van der Waals surface area contributed by atoms with Gasteiger partial charge in [-0.05, 0) is 30.5 Å². The smallest absolute Gasteiger partial charge is 0.155 e. The van der Waals surface area contributed by atoms with Crippen molar-refractivity contribution in [1.29, 1.82) is 0 Å². The van der Waals surface area contributed by atoms with Crippen LogP contribution in [0.4, 0.5) is 17.3 Å². The van der Waals surface area contributed by atoms with Crippen LogP contribution in [0.3, 0.4) is 0 Å². The van der Waals surface area contributed by atoms with Crippen molar-refractivity contribution in [3.63, 3.8) is 0 Å². The van der Waals surface area contributed by atoms with Crippen LogP contribution < -0.4 is 16.4 Å². The van der Waals surface area contributed by atoms with Gasteiger partial charge in [-0.2, -0.15) is 0 Å². The molecule has 0 atom stereocenters. The highest BCUT2D eigenvalue weighted by Gasteiger charge is 2.17. The molecule has 3 rings (SSSR count). The highest BCUT2D eigenvalue weighted by molar-refractivity contribution is 6.30. The predicted molar refractivity (Wildman–Crippen MR) is 91.1 cm³/mol. The number of benzene rings is 1. The first-order valence-electron chi connectivity index (χ1n) is 7.57. The lowest BCUT2D eigenvalue weighted by Gasteiger charge is -2.16. The Bertz CT molecular complexity index is 623. The number of nitrogens with zero attached hydrogens (tertiary/aromatic N) is 2. The third-order valence-electron chi connectivity index (χ3n) is 3.95. The van der Waals surface area contributed by atoms with E-state index in [0.29, 0.717) is 24.1 Å². The van der Waals surface area contributed by atoms with E-state index in [1.54, 1.807) is 0 Å². The molecule has 0 unspecified atom stereocenters. The van der Waals surface area contributed by atoms with E-state index in [0.717, 1.165) is 16.4 Å². The molecule has 1 heterocycles. The largest absolute Gasteiger partial charge is 0.393 e. The molecule has 1 aliphatic carbocycles. The summed E-state index contributed by atoms with van der Waals surface area (Å²) >= 11 is 5.89.